The number of hydrogen-bond donors (Lipinski definition) is 0. The van der Waals surface area contributed by atoms with E-state index in [1.54, 1.807) is 17.5 Å². The second-order valence-corrected chi connectivity index (χ2v) is 7.36. The summed E-state index contributed by atoms with van der Waals surface area (Å²) in [6.07, 6.45) is 5.60. The van der Waals surface area contributed by atoms with Gasteiger partial charge in [0.25, 0.3) is 0 Å². The topological polar surface area (TPSA) is 43.2 Å². The van der Waals surface area contributed by atoms with Crippen LogP contribution >= 0.6 is 11.3 Å². The number of aryl methyl sites for hydroxylation is 2. The van der Waals surface area contributed by atoms with Gasteiger partial charge in [-0.25, -0.2) is 9.97 Å². The summed E-state index contributed by atoms with van der Waals surface area (Å²) in [6.45, 7) is 7.59. The molecule has 0 radical (unpaired) electrons. The molecule has 1 unspecified atom stereocenters. The van der Waals surface area contributed by atoms with Crippen LogP contribution in [0.1, 0.15) is 27.9 Å². The lowest BCUT2D eigenvalue weighted by atomic mass is 10.1. The van der Waals surface area contributed by atoms with Gasteiger partial charge < -0.3 is 9.30 Å². The first-order valence-electron chi connectivity index (χ1n) is 8.52. The maximum Gasteiger partial charge on any atom is 0.112 e. The van der Waals surface area contributed by atoms with Crippen LogP contribution in [0.15, 0.2) is 42.3 Å². The van der Waals surface area contributed by atoms with E-state index in [9.17, 15) is 0 Å². The van der Waals surface area contributed by atoms with E-state index in [1.807, 2.05) is 24.0 Å². The Morgan fingerprint density at radius 2 is 2.24 bits per heavy atom. The molecule has 1 atom stereocenters. The Hall–Kier alpha value is -2.02. The zero-order valence-electron chi connectivity index (χ0n) is 14.6. The fourth-order valence-corrected chi connectivity index (χ4v) is 4.14. The lowest BCUT2D eigenvalue weighted by Gasteiger charge is -2.34. The van der Waals surface area contributed by atoms with Crippen LogP contribution in [0.5, 0.6) is 0 Å². The maximum absolute atomic E-state index is 5.73. The van der Waals surface area contributed by atoms with E-state index >= 15 is 0 Å². The molecular formula is C19H22N4OS. The molecule has 0 N–H and O–H groups in total. The monoisotopic (exact) mass is 354 g/mol. The highest BCUT2D eigenvalue weighted by Gasteiger charge is 2.27. The standard InChI is InChI=1S/C19H22N4OS/c1-14-9-17(23-6-5-20-13-23)4-3-16(14)10-22-7-8-24-11-18(22)19-21-15(2)12-25-19/h3-6,9,12-13,18H,7-8,10-11H2,1-2H3. The Bertz CT molecular complexity index is 843. The molecule has 0 spiro atoms. The molecule has 0 saturated carbocycles. The lowest BCUT2D eigenvalue weighted by molar-refractivity contribution is -0.0128. The third kappa shape index (κ3) is 3.51. The molecule has 25 heavy (non-hydrogen) atoms. The second kappa shape index (κ2) is 7.07. The van der Waals surface area contributed by atoms with E-state index in [-0.39, 0.29) is 6.04 Å². The molecule has 1 fully saturated rings. The fraction of sp³-hybridized carbons (Fsp3) is 0.368. The van der Waals surface area contributed by atoms with Crippen LogP contribution in [-0.2, 0) is 11.3 Å². The average molecular weight is 354 g/mol. The van der Waals surface area contributed by atoms with E-state index in [4.69, 9.17) is 4.74 Å². The molecule has 130 valence electrons. The number of aromatic nitrogens is 3. The van der Waals surface area contributed by atoms with Crippen molar-refractivity contribution in [1.82, 2.24) is 19.4 Å². The summed E-state index contributed by atoms with van der Waals surface area (Å²) in [5, 5.41) is 3.28. The molecule has 0 amide bonds. The van der Waals surface area contributed by atoms with Gasteiger partial charge in [-0.1, -0.05) is 6.07 Å². The van der Waals surface area contributed by atoms with E-state index in [0.29, 0.717) is 0 Å². The number of rotatable bonds is 4. The number of thiazole rings is 1. The van der Waals surface area contributed by atoms with E-state index in [2.05, 4.69) is 45.4 Å². The summed E-state index contributed by atoms with van der Waals surface area (Å²) in [5.41, 5.74) is 4.88. The van der Waals surface area contributed by atoms with Gasteiger partial charge >= 0.3 is 0 Å². The predicted octanol–water partition coefficient (Wildman–Crippen LogP) is 3.52. The number of benzene rings is 1. The largest absolute Gasteiger partial charge is 0.378 e. The van der Waals surface area contributed by atoms with Crippen LogP contribution in [0.3, 0.4) is 0 Å². The first kappa shape index (κ1) is 16.4. The molecule has 0 aliphatic carbocycles. The Morgan fingerprint density at radius 1 is 1.32 bits per heavy atom. The van der Waals surface area contributed by atoms with Crippen LogP contribution in [0.25, 0.3) is 5.69 Å². The zero-order valence-corrected chi connectivity index (χ0v) is 15.4. The normalized spacial score (nSPS) is 18.6. The van der Waals surface area contributed by atoms with Crippen molar-refractivity contribution in [1.29, 1.82) is 0 Å². The molecule has 1 saturated heterocycles. The number of hydrogen-bond acceptors (Lipinski definition) is 5. The van der Waals surface area contributed by atoms with Crippen molar-refractivity contribution in [2.45, 2.75) is 26.4 Å². The van der Waals surface area contributed by atoms with Crippen LogP contribution in [0.4, 0.5) is 0 Å². The van der Waals surface area contributed by atoms with Gasteiger partial charge in [-0.05, 0) is 37.1 Å². The van der Waals surface area contributed by atoms with Crippen LogP contribution in [0.2, 0.25) is 0 Å². The van der Waals surface area contributed by atoms with E-state index < -0.39 is 0 Å². The number of nitrogens with zero attached hydrogens (tertiary/aromatic N) is 4. The molecule has 6 heteroatoms. The molecule has 5 nitrogen and oxygen atoms in total. The van der Waals surface area contributed by atoms with Crippen molar-refractivity contribution >= 4 is 11.3 Å². The number of imidazole rings is 1. The Balaban J connectivity index is 1.55. The summed E-state index contributed by atoms with van der Waals surface area (Å²) < 4.78 is 7.76. The fourth-order valence-electron chi connectivity index (χ4n) is 3.23. The van der Waals surface area contributed by atoms with Crippen LogP contribution < -0.4 is 0 Å². The molecule has 2 aromatic heterocycles. The van der Waals surface area contributed by atoms with Gasteiger partial charge in [0.2, 0.25) is 0 Å². The SMILES string of the molecule is Cc1csc(C2COCCN2Cc2ccc(-n3ccnc3)cc2C)n1. The summed E-state index contributed by atoms with van der Waals surface area (Å²) in [7, 11) is 0. The van der Waals surface area contributed by atoms with Crippen molar-refractivity contribution in [2.75, 3.05) is 19.8 Å². The first-order valence-corrected chi connectivity index (χ1v) is 9.40. The third-order valence-electron chi connectivity index (χ3n) is 4.66. The van der Waals surface area contributed by atoms with Gasteiger partial charge in [0.1, 0.15) is 5.01 Å². The first-order chi connectivity index (χ1) is 12.2. The summed E-state index contributed by atoms with van der Waals surface area (Å²) in [5.74, 6) is 0. The van der Waals surface area contributed by atoms with E-state index in [0.717, 1.165) is 42.7 Å². The van der Waals surface area contributed by atoms with E-state index in [1.165, 1.54) is 11.1 Å². The predicted molar refractivity (Wildman–Crippen MR) is 99.1 cm³/mol. The third-order valence-corrected chi connectivity index (χ3v) is 5.73. The van der Waals surface area contributed by atoms with Crippen molar-refractivity contribution in [2.24, 2.45) is 0 Å². The summed E-state index contributed by atoms with van der Waals surface area (Å²) in [6, 6.07) is 6.86. The van der Waals surface area contributed by atoms with Gasteiger partial charge in [-0.15, -0.1) is 11.3 Å². The highest BCUT2D eigenvalue weighted by Crippen LogP contribution is 2.29. The molecule has 1 aliphatic rings. The van der Waals surface area contributed by atoms with Gasteiger partial charge in [-0.2, -0.15) is 0 Å². The van der Waals surface area contributed by atoms with Crippen LogP contribution in [-0.4, -0.2) is 39.2 Å². The minimum atomic E-state index is 0.250. The molecule has 3 aromatic rings. The number of morpholine rings is 1. The Kier molecular flexibility index (Phi) is 4.65. The van der Waals surface area contributed by atoms with Crippen molar-refractivity contribution in [3.63, 3.8) is 0 Å². The van der Waals surface area contributed by atoms with Crippen molar-refractivity contribution < 1.29 is 4.74 Å². The maximum atomic E-state index is 5.73. The van der Waals surface area contributed by atoms with Crippen molar-refractivity contribution in [3.05, 3.63) is 64.1 Å². The van der Waals surface area contributed by atoms with Gasteiger partial charge in [0.15, 0.2) is 0 Å². The lowest BCUT2D eigenvalue weighted by Crippen LogP contribution is -2.39. The second-order valence-electron chi connectivity index (χ2n) is 6.47. The summed E-state index contributed by atoms with van der Waals surface area (Å²) in [4.78, 5) is 11.3. The quantitative estimate of drug-likeness (QED) is 0.719. The van der Waals surface area contributed by atoms with Gasteiger partial charge in [-0.3, -0.25) is 4.90 Å². The van der Waals surface area contributed by atoms with Crippen molar-refractivity contribution in [3.8, 4) is 5.69 Å². The Morgan fingerprint density at radius 3 is 2.96 bits per heavy atom. The number of ether oxygens (including phenoxy) is 1. The average Bonchev–Trinajstić information content (AvgIpc) is 3.29. The molecule has 1 aromatic carbocycles. The summed E-state index contributed by atoms with van der Waals surface area (Å²) >= 11 is 1.73. The molecule has 3 heterocycles. The minimum absolute atomic E-state index is 0.250. The van der Waals surface area contributed by atoms with Crippen LogP contribution in [0, 0.1) is 13.8 Å². The highest BCUT2D eigenvalue weighted by molar-refractivity contribution is 7.09. The van der Waals surface area contributed by atoms with Gasteiger partial charge in [0, 0.05) is 42.2 Å². The molecule has 1 aliphatic heterocycles. The Labute approximate surface area is 151 Å². The highest BCUT2D eigenvalue weighted by atomic mass is 32.1. The minimum Gasteiger partial charge on any atom is -0.378 e. The zero-order chi connectivity index (χ0) is 17.2. The molecular weight excluding hydrogens is 332 g/mol. The van der Waals surface area contributed by atoms with Gasteiger partial charge in [0.05, 0.1) is 25.6 Å². The smallest absolute Gasteiger partial charge is 0.112 e. The molecule has 0 bridgehead atoms. The molecule has 4 rings (SSSR count).